The molecule has 1 aliphatic carbocycles. The van der Waals surface area contributed by atoms with Crippen LogP contribution < -0.4 is 15.4 Å². The van der Waals surface area contributed by atoms with E-state index in [1.165, 1.54) is 5.56 Å². The number of guanidine groups is 1. The number of nitrogens with zero attached hydrogens (tertiary/aromatic N) is 1. The van der Waals surface area contributed by atoms with Gasteiger partial charge in [0.05, 0.1) is 6.61 Å². The largest absolute Gasteiger partial charge is 0.494 e. The molecule has 0 aliphatic heterocycles. The molecule has 1 aliphatic rings. The summed E-state index contributed by atoms with van der Waals surface area (Å²) in [7, 11) is 1.81. The van der Waals surface area contributed by atoms with Crippen LogP contribution in [0.4, 0.5) is 0 Å². The van der Waals surface area contributed by atoms with Gasteiger partial charge in [-0.25, -0.2) is 0 Å². The lowest BCUT2D eigenvalue weighted by Gasteiger charge is -2.17. The zero-order chi connectivity index (χ0) is 14.9. The Morgan fingerprint density at radius 2 is 2.14 bits per heavy atom. The van der Waals surface area contributed by atoms with Crippen LogP contribution in [0, 0.1) is 0 Å². The lowest BCUT2D eigenvalue weighted by molar-refractivity contribution is 0.340. The van der Waals surface area contributed by atoms with Crippen molar-refractivity contribution in [3.63, 3.8) is 0 Å². The summed E-state index contributed by atoms with van der Waals surface area (Å²) >= 11 is 0. The number of hydrogen-bond donors (Lipinski definition) is 2. The topological polar surface area (TPSA) is 45.6 Å². The molecule has 21 heavy (non-hydrogen) atoms. The Bertz CT molecular complexity index is 489. The quantitative estimate of drug-likeness (QED) is 0.480. The number of benzene rings is 1. The number of aliphatic imine (C=N–C) groups is 1. The Hall–Kier alpha value is -1.97. The normalized spacial score (nSPS) is 15.2. The summed E-state index contributed by atoms with van der Waals surface area (Å²) in [5, 5.41) is 6.80. The highest BCUT2D eigenvalue weighted by Crippen LogP contribution is 2.13. The molecule has 0 saturated carbocycles. The molecule has 0 radical (unpaired) electrons. The van der Waals surface area contributed by atoms with Crippen molar-refractivity contribution in [3.8, 4) is 5.75 Å². The van der Waals surface area contributed by atoms with Gasteiger partial charge in [0.15, 0.2) is 5.96 Å². The van der Waals surface area contributed by atoms with Gasteiger partial charge in [-0.3, -0.25) is 4.99 Å². The van der Waals surface area contributed by atoms with Crippen LogP contribution in [0.2, 0.25) is 0 Å². The van der Waals surface area contributed by atoms with Crippen molar-refractivity contribution in [3.05, 3.63) is 42.0 Å². The van der Waals surface area contributed by atoms with Crippen LogP contribution in [0.5, 0.6) is 5.75 Å². The summed E-state index contributed by atoms with van der Waals surface area (Å²) in [6.45, 7) is 3.56. The molecule has 114 valence electrons. The predicted molar refractivity (Wildman–Crippen MR) is 88.0 cm³/mol. The minimum Gasteiger partial charge on any atom is -0.494 e. The standard InChI is InChI=1S/C17H25N3O/c1-3-21-16-10-6-7-14(13-16)11-12-19-17(18-2)20-15-8-4-5-9-15/h4-7,10,13,15H,3,8-9,11-12H2,1-2H3,(H2,18,19,20). The van der Waals surface area contributed by atoms with Gasteiger partial charge >= 0.3 is 0 Å². The van der Waals surface area contributed by atoms with Gasteiger partial charge in [0, 0.05) is 19.6 Å². The fourth-order valence-corrected chi connectivity index (χ4v) is 2.41. The summed E-state index contributed by atoms with van der Waals surface area (Å²) in [5.74, 6) is 1.82. The maximum absolute atomic E-state index is 5.52. The van der Waals surface area contributed by atoms with Crippen LogP contribution >= 0.6 is 0 Å². The second-order valence-corrected chi connectivity index (χ2v) is 5.11. The Kier molecular flexibility index (Phi) is 6.13. The second kappa shape index (κ2) is 8.35. The summed E-state index contributed by atoms with van der Waals surface area (Å²) in [6.07, 6.45) is 7.53. The van der Waals surface area contributed by atoms with E-state index >= 15 is 0 Å². The Morgan fingerprint density at radius 1 is 1.33 bits per heavy atom. The highest BCUT2D eigenvalue weighted by atomic mass is 16.5. The van der Waals surface area contributed by atoms with E-state index in [9.17, 15) is 0 Å². The number of nitrogens with one attached hydrogen (secondary N) is 2. The lowest BCUT2D eigenvalue weighted by Crippen LogP contribution is -2.43. The van der Waals surface area contributed by atoms with Crippen molar-refractivity contribution >= 4 is 5.96 Å². The molecule has 0 amide bonds. The fourth-order valence-electron chi connectivity index (χ4n) is 2.41. The first kappa shape index (κ1) is 15.4. The van der Waals surface area contributed by atoms with Gasteiger partial charge in [-0.05, 0) is 43.9 Å². The van der Waals surface area contributed by atoms with E-state index in [2.05, 4.69) is 39.9 Å². The van der Waals surface area contributed by atoms with Gasteiger partial charge < -0.3 is 15.4 Å². The Morgan fingerprint density at radius 3 is 2.86 bits per heavy atom. The average molecular weight is 287 g/mol. The molecule has 2 rings (SSSR count). The minimum atomic E-state index is 0.484. The van der Waals surface area contributed by atoms with Crippen LogP contribution in [0.15, 0.2) is 41.4 Å². The molecule has 0 saturated heterocycles. The third kappa shape index (κ3) is 5.14. The molecule has 0 atom stereocenters. The van der Waals surface area contributed by atoms with Gasteiger partial charge in [0.1, 0.15) is 5.75 Å². The average Bonchev–Trinajstić information content (AvgIpc) is 3.00. The lowest BCUT2D eigenvalue weighted by atomic mass is 10.1. The third-order valence-electron chi connectivity index (χ3n) is 3.49. The van der Waals surface area contributed by atoms with Gasteiger partial charge in [-0.15, -0.1) is 0 Å². The first-order valence-corrected chi connectivity index (χ1v) is 7.65. The predicted octanol–water partition coefficient (Wildman–Crippen LogP) is 2.51. The molecule has 1 aromatic rings. The smallest absolute Gasteiger partial charge is 0.191 e. The van der Waals surface area contributed by atoms with Gasteiger partial charge in [0.2, 0.25) is 0 Å². The summed E-state index contributed by atoms with van der Waals surface area (Å²) in [4.78, 5) is 4.27. The van der Waals surface area contributed by atoms with E-state index in [-0.39, 0.29) is 0 Å². The van der Waals surface area contributed by atoms with E-state index in [0.717, 1.165) is 37.5 Å². The first-order chi connectivity index (χ1) is 10.3. The summed E-state index contributed by atoms with van der Waals surface area (Å²) < 4.78 is 5.52. The minimum absolute atomic E-state index is 0.484. The second-order valence-electron chi connectivity index (χ2n) is 5.11. The van der Waals surface area contributed by atoms with Crippen molar-refractivity contribution in [1.82, 2.24) is 10.6 Å². The van der Waals surface area contributed by atoms with Crippen molar-refractivity contribution in [2.45, 2.75) is 32.2 Å². The van der Waals surface area contributed by atoms with E-state index in [1.807, 2.05) is 26.1 Å². The van der Waals surface area contributed by atoms with Crippen molar-refractivity contribution < 1.29 is 4.74 Å². The number of hydrogen-bond acceptors (Lipinski definition) is 2. The molecular formula is C17H25N3O. The third-order valence-corrected chi connectivity index (χ3v) is 3.49. The monoisotopic (exact) mass is 287 g/mol. The van der Waals surface area contributed by atoms with Crippen molar-refractivity contribution in [1.29, 1.82) is 0 Å². The molecular weight excluding hydrogens is 262 g/mol. The highest BCUT2D eigenvalue weighted by molar-refractivity contribution is 5.80. The maximum atomic E-state index is 5.52. The Labute approximate surface area is 127 Å². The Balaban J connectivity index is 1.75. The van der Waals surface area contributed by atoms with E-state index < -0.39 is 0 Å². The van der Waals surface area contributed by atoms with Crippen LogP contribution in [0.25, 0.3) is 0 Å². The summed E-state index contributed by atoms with van der Waals surface area (Å²) in [6, 6.07) is 8.74. The van der Waals surface area contributed by atoms with Crippen molar-refractivity contribution in [2.75, 3.05) is 20.2 Å². The number of ether oxygens (including phenoxy) is 1. The summed E-state index contributed by atoms with van der Waals surface area (Å²) in [5.41, 5.74) is 1.27. The van der Waals surface area contributed by atoms with Crippen LogP contribution in [0.3, 0.4) is 0 Å². The molecule has 0 heterocycles. The van der Waals surface area contributed by atoms with Gasteiger partial charge in [0.25, 0.3) is 0 Å². The molecule has 4 heteroatoms. The molecule has 0 spiro atoms. The molecule has 0 unspecified atom stereocenters. The maximum Gasteiger partial charge on any atom is 0.191 e. The zero-order valence-electron chi connectivity index (χ0n) is 12.9. The van der Waals surface area contributed by atoms with E-state index in [4.69, 9.17) is 4.74 Å². The van der Waals surface area contributed by atoms with Gasteiger partial charge in [-0.1, -0.05) is 24.3 Å². The van der Waals surface area contributed by atoms with E-state index in [0.29, 0.717) is 12.6 Å². The first-order valence-electron chi connectivity index (χ1n) is 7.65. The van der Waals surface area contributed by atoms with E-state index in [1.54, 1.807) is 0 Å². The van der Waals surface area contributed by atoms with Crippen LogP contribution in [-0.2, 0) is 6.42 Å². The number of rotatable bonds is 6. The SMILES string of the molecule is CCOc1cccc(CCNC(=NC)NC2CC=CC2)c1. The molecule has 4 nitrogen and oxygen atoms in total. The van der Waals surface area contributed by atoms with Gasteiger partial charge in [-0.2, -0.15) is 0 Å². The molecule has 0 fully saturated rings. The fraction of sp³-hybridized carbons (Fsp3) is 0.471. The molecule has 0 aromatic heterocycles. The van der Waals surface area contributed by atoms with Crippen LogP contribution in [-0.4, -0.2) is 32.2 Å². The molecule has 2 N–H and O–H groups in total. The van der Waals surface area contributed by atoms with Crippen molar-refractivity contribution in [2.24, 2.45) is 4.99 Å². The molecule has 1 aromatic carbocycles. The highest BCUT2D eigenvalue weighted by Gasteiger charge is 2.11. The molecule has 0 bridgehead atoms. The zero-order valence-corrected chi connectivity index (χ0v) is 12.9. The van der Waals surface area contributed by atoms with Crippen LogP contribution in [0.1, 0.15) is 25.3 Å².